The predicted molar refractivity (Wildman–Crippen MR) is 72.7 cm³/mol. The first-order valence-corrected chi connectivity index (χ1v) is 6.18. The van der Waals surface area contributed by atoms with Crippen molar-refractivity contribution in [1.82, 2.24) is 15.5 Å². The Kier molecular flexibility index (Phi) is 3.99. The molecule has 0 spiro atoms. The molecule has 1 aromatic carbocycles. The molecule has 2 rings (SSSR count). The number of hydrogen-bond acceptors (Lipinski definition) is 3. The first kappa shape index (κ1) is 12.6. The molecular formula is C14H19N3O. The second kappa shape index (κ2) is 5.69. The average Bonchev–Trinajstić information content (AvgIpc) is 2.73. The Morgan fingerprint density at radius 1 is 1.28 bits per heavy atom. The summed E-state index contributed by atoms with van der Waals surface area (Å²) in [6.07, 6.45) is 0. The normalized spacial score (nSPS) is 10.6. The van der Waals surface area contributed by atoms with Gasteiger partial charge in [0.05, 0.1) is 12.3 Å². The van der Waals surface area contributed by atoms with Gasteiger partial charge in [0.25, 0.3) is 0 Å². The molecule has 96 valence electrons. The lowest BCUT2D eigenvalue weighted by Gasteiger charge is -2.05. The van der Waals surface area contributed by atoms with Crippen LogP contribution in [0.2, 0.25) is 0 Å². The van der Waals surface area contributed by atoms with Crippen molar-refractivity contribution in [2.75, 3.05) is 13.7 Å². The van der Waals surface area contributed by atoms with Crippen molar-refractivity contribution in [3.05, 3.63) is 35.5 Å². The zero-order valence-electron chi connectivity index (χ0n) is 11.1. The first-order valence-electron chi connectivity index (χ1n) is 6.18. The van der Waals surface area contributed by atoms with Gasteiger partial charge >= 0.3 is 0 Å². The van der Waals surface area contributed by atoms with Crippen LogP contribution in [0.15, 0.2) is 24.3 Å². The lowest BCUT2D eigenvalue weighted by atomic mass is 10.1. The molecular weight excluding hydrogens is 226 g/mol. The summed E-state index contributed by atoms with van der Waals surface area (Å²) in [5, 5.41) is 10.6. The Balaban J connectivity index is 2.30. The van der Waals surface area contributed by atoms with E-state index in [2.05, 4.69) is 15.5 Å². The average molecular weight is 245 g/mol. The third-order valence-electron chi connectivity index (χ3n) is 2.87. The Labute approximate surface area is 107 Å². The molecule has 4 heteroatoms. The molecule has 0 aliphatic rings. The molecule has 0 unspecified atom stereocenters. The standard InChI is InChI=1S/C14H19N3O/c1-4-18-12-7-5-11(6-8-12)14-13(9-15-3)10(2)16-17-14/h5-8,15H,4,9H2,1-3H3,(H,16,17). The molecule has 2 aromatic rings. The number of rotatable bonds is 5. The van der Waals surface area contributed by atoms with Crippen LogP contribution in [0.3, 0.4) is 0 Å². The summed E-state index contributed by atoms with van der Waals surface area (Å²) in [4.78, 5) is 0. The fourth-order valence-electron chi connectivity index (χ4n) is 1.96. The van der Waals surface area contributed by atoms with Gasteiger partial charge < -0.3 is 10.1 Å². The summed E-state index contributed by atoms with van der Waals surface area (Å²) < 4.78 is 5.44. The number of ether oxygens (including phenoxy) is 1. The Hall–Kier alpha value is -1.81. The second-order valence-corrected chi connectivity index (χ2v) is 4.16. The third kappa shape index (κ3) is 2.54. The molecule has 0 atom stereocenters. The van der Waals surface area contributed by atoms with Gasteiger partial charge in [-0.1, -0.05) is 0 Å². The van der Waals surface area contributed by atoms with E-state index in [-0.39, 0.29) is 0 Å². The van der Waals surface area contributed by atoms with Crippen LogP contribution in [0.1, 0.15) is 18.2 Å². The highest BCUT2D eigenvalue weighted by atomic mass is 16.5. The lowest BCUT2D eigenvalue weighted by molar-refractivity contribution is 0.340. The van der Waals surface area contributed by atoms with E-state index < -0.39 is 0 Å². The van der Waals surface area contributed by atoms with Gasteiger partial charge in [-0.2, -0.15) is 5.10 Å². The third-order valence-corrected chi connectivity index (χ3v) is 2.87. The summed E-state index contributed by atoms with van der Waals surface area (Å²) in [6, 6.07) is 8.04. The van der Waals surface area contributed by atoms with Crippen molar-refractivity contribution < 1.29 is 4.74 Å². The maximum atomic E-state index is 5.44. The van der Waals surface area contributed by atoms with E-state index in [4.69, 9.17) is 4.74 Å². The smallest absolute Gasteiger partial charge is 0.119 e. The second-order valence-electron chi connectivity index (χ2n) is 4.16. The number of hydrogen-bond donors (Lipinski definition) is 2. The van der Waals surface area contributed by atoms with Gasteiger partial charge in [-0.25, -0.2) is 0 Å². The van der Waals surface area contributed by atoms with Gasteiger partial charge in [0.2, 0.25) is 0 Å². The van der Waals surface area contributed by atoms with Crippen LogP contribution in [0.5, 0.6) is 5.75 Å². The minimum atomic E-state index is 0.686. The summed E-state index contributed by atoms with van der Waals surface area (Å²) in [5.74, 6) is 0.892. The van der Waals surface area contributed by atoms with E-state index in [1.54, 1.807) is 0 Å². The SMILES string of the molecule is CCOc1ccc(-c2n[nH]c(C)c2CNC)cc1. The molecule has 0 aliphatic heterocycles. The number of nitrogens with one attached hydrogen (secondary N) is 2. The molecule has 18 heavy (non-hydrogen) atoms. The fraction of sp³-hybridized carbons (Fsp3) is 0.357. The van der Waals surface area contributed by atoms with Crippen LogP contribution < -0.4 is 10.1 Å². The molecule has 4 nitrogen and oxygen atoms in total. The Morgan fingerprint density at radius 2 is 2.00 bits per heavy atom. The minimum Gasteiger partial charge on any atom is -0.494 e. The summed E-state index contributed by atoms with van der Waals surface area (Å²) in [6.45, 7) is 5.52. The number of aromatic amines is 1. The van der Waals surface area contributed by atoms with Crippen molar-refractivity contribution in [2.24, 2.45) is 0 Å². The summed E-state index contributed by atoms with van der Waals surface area (Å²) >= 11 is 0. The van der Waals surface area contributed by atoms with Crippen molar-refractivity contribution in [2.45, 2.75) is 20.4 Å². The summed E-state index contributed by atoms with van der Waals surface area (Å²) in [7, 11) is 1.94. The molecule has 1 aromatic heterocycles. The monoisotopic (exact) mass is 245 g/mol. The highest BCUT2D eigenvalue weighted by Crippen LogP contribution is 2.25. The minimum absolute atomic E-state index is 0.686. The quantitative estimate of drug-likeness (QED) is 0.851. The van der Waals surface area contributed by atoms with Gasteiger partial charge in [-0.15, -0.1) is 0 Å². The van der Waals surface area contributed by atoms with Crippen molar-refractivity contribution in [3.63, 3.8) is 0 Å². The first-order chi connectivity index (χ1) is 8.76. The molecule has 0 bridgehead atoms. The molecule has 0 amide bonds. The van der Waals surface area contributed by atoms with E-state index in [0.717, 1.165) is 29.2 Å². The van der Waals surface area contributed by atoms with Crippen molar-refractivity contribution in [3.8, 4) is 17.0 Å². The molecule has 1 heterocycles. The van der Waals surface area contributed by atoms with Crippen LogP contribution in [-0.4, -0.2) is 23.9 Å². The zero-order valence-corrected chi connectivity index (χ0v) is 11.1. The largest absolute Gasteiger partial charge is 0.494 e. The van der Waals surface area contributed by atoms with Crippen LogP contribution in [0.4, 0.5) is 0 Å². The molecule has 0 saturated carbocycles. The van der Waals surface area contributed by atoms with Crippen LogP contribution in [0, 0.1) is 6.92 Å². The number of aromatic nitrogens is 2. The predicted octanol–water partition coefficient (Wildman–Crippen LogP) is 2.50. The zero-order chi connectivity index (χ0) is 13.0. The fourth-order valence-corrected chi connectivity index (χ4v) is 1.96. The Bertz CT molecular complexity index is 502. The van der Waals surface area contributed by atoms with E-state index >= 15 is 0 Å². The number of benzene rings is 1. The molecule has 0 saturated heterocycles. The van der Waals surface area contributed by atoms with Gasteiger partial charge in [0.1, 0.15) is 5.75 Å². The van der Waals surface area contributed by atoms with E-state index in [1.807, 2.05) is 45.2 Å². The van der Waals surface area contributed by atoms with E-state index in [1.165, 1.54) is 5.56 Å². The topological polar surface area (TPSA) is 49.9 Å². The Morgan fingerprint density at radius 3 is 2.61 bits per heavy atom. The van der Waals surface area contributed by atoms with E-state index in [9.17, 15) is 0 Å². The highest BCUT2D eigenvalue weighted by Gasteiger charge is 2.11. The van der Waals surface area contributed by atoms with Crippen LogP contribution >= 0.6 is 0 Å². The van der Waals surface area contributed by atoms with E-state index in [0.29, 0.717) is 6.61 Å². The maximum absolute atomic E-state index is 5.44. The van der Waals surface area contributed by atoms with Gasteiger partial charge in [0.15, 0.2) is 0 Å². The van der Waals surface area contributed by atoms with Crippen molar-refractivity contribution >= 4 is 0 Å². The maximum Gasteiger partial charge on any atom is 0.119 e. The molecule has 0 radical (unpaired) electrons. The van der Waals surface area contributed by atoms with Crippen LogP contribution in [0.25, 0.3) is 11.3 Å². The number of aryl methyl sites for hydroxylation is 1. The molecule has 0 aliphatic carbocycles. The van der Waals surface area contributed by atoms with Gasteiger partial charge in [-0.05, 0) is 45.2 Å². The molecule has 2 N–H and O–H groups in total. The lowest BCUT2D eigenvalue weighted by Crippen LogP contribution is -2.06. The molecule has 0 fully saturated rings. The van der Waals surface area contributed by atoms with Crippen LogP contribution in [-0.2, 0) is 6.54 Å². The number of H-pyrrole nitrogens is 1. The van der Waals surface area contributed by atoms with Crippen molar-refractivity contribution in [1.29, 1.82) is 0 Å². The van der Waals surface area contributed by atoms with Gasteiger partial charge in [-0.3, -0.25) is 5.10 Å². The number of nitrogens with zero attached hydrogens (tertiary/aromatic N) is 1. The van der Waals surface area contributed by atoms with Gasteiger partial charge in [0, 0.05) is 23.4 Å². The highest BCUT2D eigenvalue weighted by molar-refractivity contribution is 5.64. The summed E-state index contributed by atoms with van der Waals surface area (Å²) in [5.41, 5.74) is 4.42.